The van der Waals surface area contributed by atoms with Gasteiger partial charge in [0.05, 0.1) is 12.2 Å². The molecule has 1 aromatic heterocycles. The number of alkyl halides is 6. The second kappa shape index (κ2) is 4.72. The monoisotopic (exact) mass is 304 g/mol. The predicted octanol–water partition coefficient (Wildman–Crippen LogP) is 0.466. The molecule has 0 aliphatic heterocycles. The second-order valence-corrected chi connectivity index (χ2v) is 3.46. The number of carbonyl (C=O) groups excluding carboxylic acids is 2. The Morgan fingerprint density at radius 3 is 2.00 bits per heavy atom. The van der Waals surface area contributed by atoms with E-state index in [9.17, 15) is 41.0 Å². The van der Waals surface area contributed by atoms with Gasteiger partial charge in [-0.15, -0.1) is 0 Å². The Kier molecular flexibility index (Phi) is 3.74. The van der Waals surface area contributed by atoms with E-state index >= 15 is 0 Å². The van der Waals surface area contributed by atoms with E-state index in [1.807, 2.05) is 0 Å². The van der Waals surface area contributed by atoms with Gasteiger partial charge in [-0.3, -0.25) is 4.79 Å². The summed E-state index contributed by atoms with van der Waals surface area (Å²) in [7, 11) is 0. The molecular formula is C9H4F6NO4-. The summed E-state index contributed by atoms with van der Waals surface area (Å²) in [5.41, 5.74) is -4.44. The number of carboxylic acid groups (broad SMARTS) is 1. The van der Waals surface area contributed by atoms with Gasteiger partial charge in [0.2, 0.25) is 5.54 Å². The molecule has 0 radical (unpaired) electrons. The summed E-state index contributed by atoms with van der Waals surface area (Å²) < 4.78 is 79.0. The van der Waals surface area contributed by atoms with Crippen molar-refractivity contribution in [3.05, 3.63) is 24.2 Å². The zero-order valence-electron chi connectivity index (χ0n) is 9.13. The first-order valence-electron chi connectivity index (χ1n) is 4.64. The number of aliphatic carboxylic acids is 1. The van der Waals surface area contributed by atoms with Crippen LogP contribution in [0, 0.1) is 0 Å². The summed E-state index contributed by atoms with van der Waals surface area (Å²) in [6.45, 7) is 0. The van der Waals surface area contributed by atoms with Crippen LogP contribution in [0.15, 0.2) is 22.8 Å². The quantitative estimate of drug-likeness (QED) is 0.823. The van der Waals surface area contributed by atoms with Crippen molar-refractivity contribution in [3.8, 4) is 0 Å². The van der Waals surface area contributed by atoms with E-state index in [0.29, 0.717) is 17.6 Å². The molecule has 0 spiro atoms. The van der Waals surface area contributed by atoms with Gasteiger partial charge in [0, 0.05) is 0 Å². The molecule has 0 fully saturated rings. The lowest BCUT2D eigenvalue weighted by Crippen LogP contribution is -2.67. The summed E-state index contributed by atoms with van der Waals surface area (Å²) in [6, 6.07) is 1.25. The summed E-state index contributed by atoms with van der Waals surface area (Å²) in [5, 5.41) is 11.1. The maximum atomic E-state index is 12.9. The molecule has 112 valence electrons. The molecule has 1 heterocycles. The van der Waals surface area contributed by atoms with Gasteiger partial charge in [-0.1, -0.05) is 0 Å². The average molecular weight is 304 g/mol. The Hall–Kier alpha value is -2.20. The van der Waals surface area contributed by atoms with E-state index in [2.05, 4.69) is 4.42 Å². The van der Waals surface area contributed by atoms with E-state index in [-0.39, 0.29) is 0 Å². The van der Waals surface area contributed by atoms with E-state index in [1.165, 1.54) is 0 Å². The number of nitrogens with one attached hydrogen (secondary N) is 1. The topological polar surface area (TPSA) is 82.4 Å². The summed E-state index contributed by atoms with van der Waals surface area (Å²) in [6.07, 6.45) is -11.0. The van der Waals surface area contributed by atoms with Crippen LogP contribution in [0.4, 0.5) is 26.3 Å². The van der Waals surface area contributed by atoms with Crippen LogP contribution in [-0.4, -0.2) is 24.2 Å². The molecule has 0 aromatic carbocycles. The fraction of sp³-hybridized carbons (Fsp3) is 0.333. The Bertz CT molecular complexity index is 505. The third kappa shape index (κ3) is 2.56. The minimum absolute atomic E-state index is 0.368. The van der Waals surface area contributed by atoms with Crippen LogP contribution in [0.1, 0.15) is 5.76 Å². The number of amides is 1. The maximum Gasteiger partial charge on any atom is 0.471 e. The molecule has 0 saturated carbocycles. The van der Waals surface area contributed by atoms with Gasteiger partial charge in [-0.2, -0.15) is 26.3 Å². The van der Waals surface area contributed by atoms with Gasteiger partial charge in [-0.25, -0.2) is 0 Å². The van der Waals surface area contributed by atoms with Crippen LogP contribution in [-0.2, 0) is 15.1 Å². The number of halogens is 6. The smallest absolute Gasteiger partial charge is 0.471 e. The molecule has 20 heavy (non-hydrogen) atoms. The number of hydrogen-bond acceptors (Lipinski definition) is 4. The fourth-order valence-corrected chi connectivity index (χ4v) is 1.27. The minimum Gasteiger partial charge on any atom is -0.547 e. The molecule has 1 rings (SSSR count). The zero-order valence-corrected chi connectivity index (χ0v) is 9.13. The minimum atomic E-state index is -5.83. The van der Waals surface area contributed by atoms with Gasteiger partial charge in [0.15, 0.2) is 0 Å². The lowest BCUT2D eigenvalue weighted by Gasteiger charge is -2.35. The van der Waals surface area contributed by atoms with Gasteiger partial charge in [0.1, 0.15) is 5.76 Å². The first kappa shape index (κ1) is 15.9. The Labute approximate surface area is 106 Å². The van der Waals surface area contributed by atoms with E-state index in [1.54, 1.807) is 0 Å². The molecule has 1 N–H and O–H groups in total. The first-order chi connectivity index (χ1) is 8.93. The third-order valence-corrected chi connectivity index (χ3v) is 2.18. The molecule has 11 heteroatoms. The number of carbonyl (C=O) groups is 2. The molecule has 1 aromatic rings. The van der Waals surface area contributed by atoms with Gasteiger partial charge >= 0.3 is 18.3 Å². The Balaban J connectivity index is 3.42. The van der Waals surface area contributed by atoms with Crippen molar-refractivity contribution in [2.24, 2.45) is 0 Å². The lowest BCUT2D eigenvalue weighted by atomic mass is 9.95. The van der Waals surface area contributed by atoms with Crippen molar-refractivity contribution >= 4 is 11.9 Å². The van der Waals surface area contributed by atoms with E-state index < -0.39 is 35.5 Å². The molecular weight excluding hydrogens is 300 g/mol. The Morgan fingerprint density at radius 2 is 1.70 bits per heavy atom. The van der Waals surface area contributed by atoms with Gasteiger partial charge < -0.3 is 19.6 Å². The van der Waals surface area contributed by atoms with Gasteiger partial charge in [-0.05, 0) is 12.1 Å². The number of rotatable bonds is 3. The van der Waals surface area contributed by atoms with E-state index in [0.717, 1.165) is 6.07 Å². The van der Waals surface area contributed by atoms with Crippen molar-refractivity contribution in [1.82, 2.24) is 5.32 Å². The fourth-order valence-electron chi connectivity index (χ4n) is 1.27. The van der Waals surface area contributed by atoms with Crippen molar-refractivity contribution in [2.45, 2.75) is 17.9 Å². The highest BCUT2D eigenvalue weighted by Gasteiger charge is 2.62. The summed E-state index contributed by atoms with van der Waals surface area (Å²) in [5.74, 6) is -7.59. The molecule has 5 nitrogen and oxygen atoms in total. The van der Waals surface area contributed by atoms with Crippen LogP contribution in [0.2, 0.25) is 0 Å². The van der Waals surface area contributed by atoms with Crippen molar-refractivity contribution < 1.29 is 45.5 Å². The highest BCUT2D eigenvalue weighted by molar-refractivity contribution is 5.90. The molecule has 0 unspecified atom stereocenters. The standard InChI is InChI=1S/C9H5F6NO4/c10-8(11,12)5(17)16-7(6(18)19,9(13,14)15)4-2-1-3-20-4/h1-3H,(H,16,17)(H,18,19)/p-1/t7-/m1/s1. The zero-order chi connectivity index (χ0) is 15.8. The van der Waals surface area contributed by atoms with Crippen molar-refractivity contribution in [2.75, 3.05) is 0 Å². The average Bonchev–Trinajstić information content (AvgIpc) is 2.74. The van der Waals surface area contributed by atoms with Crippen molar-refractivity contribution in [1.29, 1.82) is 0 Å². The van der Waals surface area contributed by atoms with Crippen molar-refractivity contribution in [3.63, 3.8) is 0 Å². The Morgan fingerprint density at radius 1 is 1.15 bits per heavy atom. The normalized spacial score (nSPS) is 15.5. The number of furan rings is 1. The molecule has 0 bridgehead atoms. The number of carboxylic acids is 1. The van der Waals surface area contributed by atoms with Gasteiger partial charge in [0.25, 0.3) is 0 Å². The van der Waals surface area contributed by atoms with Crippen LogP contribution < -0.4 is 10.4 Å². The molecule has 0 aliphatic rings. The van der Waals surface area contributed by atoms with E-state index in [4.69, 9.17) is 0 Å². The van der Waals surface area contributed by atoms with Crippen LogP contribution in [0.3, 0.4) is 0 Å². The van der Waals surface area contributed by atoms with Crippen LogP contribution in [0.25, 0.3) is 0 Å². The number of hydrogen-bond donors (Lipinski definition) is 1. The van der Waals surface area contributed by atoms with Crippen LogP contribution >= 0.6 is 0 Å². The molecule has 0 aliphatic carbocycles. The summed E-state index contributed by atoms with van der Waals surface area (Å²) >= 11 is 0. The molecule has 0 saturated heterocycles. The predicted molar refractivity (Wildman–Crippen MR) is 45.6 cm³/mol. The molecule has 1 atom stereocenters. The highest BCUT2D eigenvalue weighted by Crippen LogP contribution is 2.39. The summed E-state index contributed by atoms with van der Waals surface area (Å²) in [4.78, 5) is 21.4. The third-order valence-electron chi connectivity index (χ3n) is 2.18. The molecule has 1 amide bonds. The van der Waals surface area contributed by atoms with Crippen LogP contribution in [0.5, 0.6) is 0 Å². The lowest BCUT2D eigenvalue weighted by molar-refractivity contribution is -0.335. The maximum absolute atomic E-state index is 12.9. The SMILES string of the molecule is O=C(N[C@@](C(=O)[O-])(c1ccco1)C(F)(F)F)C(F)(F)F. The highest BCUT2D eigenvalue weighted by atomic mass is 19.4. The second-order valence-electron chi connectivity index (χ2n) is 3.46. The largest absolute Gasteiger partial charge is 0.547 e. The first-order valence-corrected chi connectivity index (χ1v) is 4.64.